The molecule has 0 spiro atoms. The molecule has 0 saturated heterocycles. The normalized spacial score (nSPS) is 16.7. The summed E-state index contributed by atoms with van der Waals surface area (Å²) in [7, 11) is 0. The minimum Gasteiger partial charge on any atom is -0.457 e. The van der Waals surface area contributed by atoms with Crippen LogP contribution in [-0.2, 0) is 11.8 Å². The van der Waals surface area contributed by atoms with Crippen LogP contribution in [0.3, 0.4) is 0 Å². The number of benzene rings is 3. The number of nitrogens with zero attached hydrogens (tertiary/aromatic N) is 4. The van der Waals surface area contributed by atoms with Gasteiger partial charge in [-0.1, -0.05) is 84.7 Å². The molecule has 0 bridgehead atoms. The fourth-order valence-electron chi connectivity index (χ4n) is 8.13. The van der Waals surface area contributed by atoms with E-state index in [4.69, 9.17) is 14.8 Å². The summed E-state index contributed by atoms with van der Waals surface area (Å²) in [6.45, 7) is 20.5. The van der Waals surface area contributed by atoms with Crippen molar-refractivity contribution < 1.29 is 4.74 Å². The molecule has 0 fully saturated rings. The molecule has 6 aromatic rings. The van der Waals surface area contributed by atoms with E-state index < -0.39 is 0 Å². The van der Waals surface area contributed by atoms with Crippen LogP contribution in [0.1, 0.15) is 121 Å². The number of aromatic nitrogens is 4. The summed E-state index contributed by atoms with van der Waals surface area (Å²) >= 11 is 0. The zero-order valence-corrected chi connectivity index (χ0v) is 32.0. The first-order valence-electron chi connectivity index (χ1n) is 19.0. The van der Waals surface area contributed by atoms with E-state index in [1.54, 1.807) is 0 Å². The van der Waals surface area contributed by atoms with Gasteiger partial charge in [-0.25, -0.2) is 9.67 Å². The first kappa shape index (κ1) is 34.8. The van der Waals surface area contributed by atoms with Crippen LogP contribution in [0, 0.1) is 12.8 Å². The molecule has 0 N–H and O–H groups in total. The zero-order chi connectivity index (χ0) is 36.0. The molecular weight excluding hydrogens is 625 g/mol. The van der Waals surface area contributed by atoms with Gasteiger partial charge < -0.3 is 4.74 Å². The van der Waals surface area contributed by atoms with Gasteiger partial charge >= 0.3 is 0 Å². The van der Waals surface area contributed by atoms with Gasteiger partial charge in [0.1, 0.15) is 17.3 Å². The van der Waals surface area contributed by atoms with Crippen molar-refractivity contribution in [1.82, 2.24) is 19.3 Å². The predicted molar refractivity (Wildman–Crippen MR) is 213 cm³/mol. The standard InChI is InChI=1S/C46H54N4O/c1-10-11-18-41-45(44-30(4)15-14-16-31(44)5)32(6)48-50(41)35-25-34(46(7,8)9)26-37(27-35)51-36-20-21-39-38-17-12-13-19-40(38)49(42(39)28-36)43-24-33(29(2)3)22-23-47-43/h12-13,15,17,19-29,31,44H,10-11,14,16,18H2,1-9H3/t31-,44?/m0/s1. The third-order valence-corrected chi connectivity index (χ3v) is 11.0. The minimum atomic E-state index is -0.0799. The molecule has 3 aromatic carbocycles. The first-order chi connectivity index (χ1) is 24.4. The van der Waals surface area contributed by atoms with Gasteiger partial charge in [-0.2, -0.15) is 5.10 Å². The summed E-state index contributed by atoms with van der Waals surface area (Å²) in [6, 6.07) is 26.1. The number of ether oxygens (including phenoxy) is 1. The lowest BCUT2D eigenvalue weighted by molar-refractivity contribution is 0.446. The number of pyridine rings is 1. The predicted octanol–water partition coefficient (Wildman–Crippen LogP) is 12.7. The highest BCUT2D eigenvalue weighted by molar-refractivity contribution is 6.09. The molecule has 7 rings (SSSR count). The maximum Gasteiger partial charge on any atom is 0.137 e. The van der Waals surface area contributed by atoms with E-state index >= 15 is 0 Å². The Morgan fingerprint density at radius 3 is 2.43 bits per heavy atom. The molecule has 3 aromatic heterocycles. The Morgan fingerprint density at radius 1 is 0.902 bits per heavy atom. The van der Waals surface area contributed by atoms with Gasteiger partial charge in [-0.15, -0.1) is 0 Å². The molecule has 2 atom stereocenters. The third kappa shape index (κ3) is 6.64. The van der Waals surface area contributed by atoms with Crippen molar-refractivity contribution in [2.24, 2.45) is 5.92 Å². The molecular formula is C46H54N4O. The largest absolute Gasteiger partial charge is 0.457 e. The lowest BCUT2D eigenvalue weighted by Crippen LogP contribution is -2.17. The molecule has 51 heavy (non-hydrogen) atoms. The van der Waals surface area contributed by atoms with Crippen molar-refractivity contribution in [3.63, 3.8) is 0 Å². The molecule has 5 heteroatoms. The number of rotatable bonds is 9. The topological polar surface area (TPSA) is 44.9 Å². The number of hydrogen-bond donors (Lipinski definition) is 0. The van der Waals surface area contributed by atoms with E-state index in [1.165, 1.54) is 51.6 Å². The molecule has 1 unspecified atom stereocenters. The number of para-hydroxylation sites is 1. The van der Waals surface area contributed by atoms with Crippen molar-refractivity contribution >= 4 is 21.8 Å². The van der Waals surface area contributed by atoms with Gasteiger partial charge in [0.25, 0.3) is 0 Å². The average molecular weight is 679 g/mol. The second-order valence-corrected chi connectivity index (χ2v) is 16.1. The van der Waals surface area contributed by atoms with Crippen LogP contribution in [0.25, 0.3) is 33.3 Å². The number of aryl methyl sites for hydroxylation is 1. The van der Waals surface area contributed by atoms with Crippen LogP contribution >= 0.6 is 0 Å². The SMILES string of the molecule is CCCCc1c(C2C(C)=CCC[C@@H]2C)c(C)nn1-c1cc(Oc2ccc3c4ccccc4n(-c4cc(C(C)C)ccn4)c3c2)cc(C(C)(C)C)c1. The molecule has 1 aliphatic carbocycles. The fourth-order valence-corrected chi connectivity index (χ4v) is 8.13. The van der Waals surface area contributed by atoms with E-state index in [0.29, 0.717) is 17.8 Å². The molecule has 5 nitrogen and oxygen atoms in total. The third-order valence-electron chi connectivity index (χ3n) is 11.0. The highest BCUT2D eigenvalue weighted by atomic mass is 16.5. The van der Waals surface area contributed by atoms with Gasteiger partial charge in [-0.3, -0.25) is 4.57 Å². The van der Waals surface area contributed by atoms with E-state index in [-0.39, 0.29) is 5.41 Å². The molecule has 264 valence electrons. The summed E-state index contributed by atoms with van der Waals surface area (Å²) in [4.78, 5) is 4.85. The average Bonchev–Trinajstić information content (AvgIpc) is 3.60. The van der Waals surface area contributed by atoms with Gasteiger partial charge in [-0.05, 0) is 110 Å². The van der Waals surface area contributed by atoms with Gasteiger partial charge in [0.15, 0.2) is 0 Å². The Morgan fingerprint density at radius 2 is 1.69 bits per heavy atom. The Kier molecular flexibility index (Phi) is 9.43. The minimum absolute atomic E-state index is 0.0799. The number of fused-ring (bicyclic) bond motifs is 3. The van der Waals surface area contributed by atoms with Crippen molar-refractivity contribution in [2.75, 3.05) is 0 Å². The van der Waals surface area contributed by atoms with Crippen molar-refractivity contribution in [3.05, 3.63) is 119 Å². The Bertz CT molecular complexity index is 2240. The smallest absolute Gasteiger partial charge is 0.137 e. The fraction of sp³-hybridized carbons (Fsp3) is 0.391. The maximum absolute atomic E-state index is 6.86. The highest BCUT2D eigenvalue weighted by Crippen LogP contribution is 2.43. The van der Waals surface area contributed by atoms with Crippen molar-refractivity contribution in [2.45, 2.75) is 112 Å². The van der Waals surface area contributed by atoms with Crippen LogP contribution in [0.2, 0.25) is 0 Å². The van der Waals surface area contributed by atoms with Crippen molar-refractivity contribution in [3.8, 4) is 23.0 Å². The van der Waals surface area contributed by atoms with Gasteiger partial charge in [0.05, 0.1) is 22.4 Å². The Labute approximate surface area is 304 Å². The van der Waals surface area contributed by atoms with Crippen molar-refractivity contribution in [1.29, 1.82) is 0 Å². The van der Waals surface area contributed by atoms with E-state index in [0.717, 1.165) is 59.0 Å². The molecule has 0 amide bonds. The van der Waals surface area contributed by atoms with E-state index in [9.17, 15) is 0 Å². The number of allylic oxidation sites excluding steroid dienone is 2. The summed E-state index contributed by atoms with van der Waals surface area (Å²) in [6.07, 6.45) is 10.0. The lowest BCUT2D eigenvalue weighted by atomic mass is 9.75. The van der Waals surface area contributed by atoms with E-state index in [2.05, 4.69) is 150 Å². The van der Waals surface area contributed by atoms with E-state index in [1.807, 2.05) is 6.20 Å². The summed E-state index contributed by atoms with van der Waals surface area (Å²) < 4.78 is 11.4. The quantitative estimate of drug-likeness (QED) is 0.143. The second-order valence-electron chi connectivity index (χ2n) is 16.1. The first-order valence-corrected chi connectivity index (χ1v) is 19.0. The summed E-state index contributed by atoms with van der Waals surface area (Å²) in [5.74, 6) is 3.95. The monoisotopic (exact) mass is 678 g/mol. The maximum atomic E-state index is 6.86. The second kappa shape index (κ2) is 13.8. The van der Waals surface area contributed by atoms with Crippen LogP contribution in [-0.4, -0.2) is 19.3 Å². The number of unbranched alkanes of at least 4 members (excludes halogenated alkanes) is 1. The van der Waals surface area contributed by atoms with Crippen LogP contribution in [0.4, 0.5) is 0 Å². The summed E-state index contributed by atoms with van der Waals surface area (Å²) in [5.41, 5.74) is 11.1. The van der Waals surface area contributed by atoms with Crippen LogP contribution < -0.4 is 4.74 Å². The van der Waals surface area contributed by atoms with Gasteiger partial charge in [0.2, 0.25) is 0 Å². The Balaban J connectivity index is 1.36. The van der Waals surface area contributed by atoms with Crippen LogP contribution in [0.15, 0.2) is 90.6 Å². The molecule has 1 aliphatic rings. The highest BCUT2D eigenvalue weighted by Gasteiger charge is 2.31. The van der Waals surface area contributed by atoms with Gasteiger partial charge in [0, 0.05) is 46.3 Å². The van der Waals surface area contributed by atoms with Crippen LogP contribution in [0.5, 0.6) is 11.5 Å². The Hall–Kier alpha value is -4.64. The molecule has 0 radical (unpaired) electrons. The molecule has 0 aliphatic heterocycles. The summed E-state index contributed by atoms with van der Waals surface area (Å²) in [5, 5.41) is 7.69. The molecule has 3 heterocycles. The lowest BCUT2D eigenvalue weighted by Gasteiger charge is -2.30. The number of hydrogen-bond acceptors (Lipinski definition) is 3. The zero-order valence-electron chi connectivity index (χ0n) is 32.0. The molecule has 0 saturated carbocycles.